The van der Waals surface area contributed by atoms with Gasteiger partial charge in [-0.1, -0.05) is 6.92 Å². The Morgan fingerprint density at radius 1 is 1.24 bits per heavy atom. The maximum Gasteiger partial charge on any atom is 0.224 e. The molecule has 2 aromatic heterocycles. The summed E-state index contributed by atoms with van der Waals surface area (Å²) in [7, 11) is 0. The van der Waals surface area contributed by atoms with Crippen molar-refractivity contribution in [2.24, 2.45) is 5.92 Å². The Morgan fingerprint density at radius 3 is 2.76 bits per heavy atom. The number of nitrogens with one attached hydrogen (secondary N) is 2. The quantitative estimate of drug-likeness (QED) is 0.804. The van der Waals surface area contributed by atoms with E-state index < -0.39 is 0 Å². The summed E-state index contributed by atoms with van der Waals surface area (Å²) >= 11 is 0. The number of ether oxygens (including phenoxy) is 1. The fraction of sp³-hybridized carbons (Fsp3) is 0.632. The van der Waals surface area contributed by atoms with E-state index >= 15 is 0 Å². The Balaban J connectivity index is 1.95. The molecule has 2 aromatic rings. The van der Waals surface area contributed by atoms with E-state index in [1.165, 1.54) is 18.4 Å². The van der Waals surface area contributed by atoms with Gasteiger partial charge in [-0.2, -0.15) is 0 Å². The van der Waals surface area contributed by atoms with Gasteiger partial charge in [-0.15, -0.1) is 0 Å². The SMILES string of the molecule is CCOc1ncc(CC2CCNCC2)c2nc(N[C@@H](C)CC)ncc12. The molecule has 0 saturated carbocycles. The number of aromatic nitrogens is 3. The van der Waals surface area contributed by atoms with E-state index in [1.54, 1.807) is 0 Å². The normalized spacial score (nSPS) is 16.8. The van der Waals surface area contributed by atoms with Crippen molar-refractivity contribution in [2.45, 2.75) is 52.5 Å². The summed E-state index contributed by atoms with van der Waals surface area (Å²) in [6.07, 6.45) is 8.24. The van der Waals surface area contributed by atoms with Crippen LogP contribution >= 0.6 is 0 Å². The summed E-state index contributed by atoms with van der Waals surface area (Å²) < 4.78 is 5.68. The Labute approximate surface area is 149 Å². The first kappa shape index (κ1) is 17.9. The first-order valence-electron chi connectivity index (χ1n) is 9.45. The standard InChI is InChI=1S/C19H29N5O/c1-4-13(3)23-19-22-12-16-17(24-19)15(11-21-18(16)25-5-2)10-14-6-8-20-9-7-14/h11-14,20H,4-10H2,1-3H3,(H,22,23,24)/t13-/m0/s1. The van der Waals surface area contributed by atoms with Crippen molar-refractivity contribution in [3.8, 4) is 5.88 Å². The van der Waals surface area contributed by atoms with E-state index in [-0.39, 0.29) is 0 Å². The lowest BCUT2D eigenvalue weighted by Gasteiger charge is -2.23. The second-order valence-corrected chi connectivity index (χ2v) is 6.83. The highest BCUT2D eigenvalue weighted by atomic mass is 16.5. The van der Waals surface area contributed by atoms with Gasteiger partial charge in [0.1, 0.15) is 0 Å². The zero-order valence-electron chi connectivity index (χ0n) is 15.5. The lowest BCUT2D eigenvalue weighted by atomic mass is 9.91. The number of anilines is 1. The smallest absolute Gasteiger partial charge is 0.224 e. The van der Waals surface area contributed by atoms with Crippen LogP contribution in [0.4, 0.5) is 5.95 Å². The third kappa shape index (κ3) is 4.37. The van der Waals surface area contributed by atoms with Gasteiger partial charge in [0.2, 0.25) is 11.8 Å². The Hall–Kier alpha value is -1.95. The molecule has 0 bridgehead atoms. The number of rotatable bonds is 7. The van der Waals surface area contributed by atoms with Crippen LogP contribution in [0.5, 0.6) is 5.88 Å². The van der Waals surface area contributed by atoms with Crippen LogP contribution in [0.25, 0.3) is 10.9 Å². The van der Waals surface area contributed by atoms with Crippen LogP contribution in [0.2, 0.25) is 0 Å². The van der Waals surface area contributed by atoms with Gasteiger partial charge in [0.05, 0.1) is 17.5 Å². The molecular weight excluding hydrogens is 314 g/mol. The molecule has 136 valence electrons. The van der Waals surface area contributed by atoms with E-state index in [4.69, 9.17) is 9.72 Å². The highest BCUT2D eigenvalue weighted by molar-refractivity contribution is 5.86. The minimum absolute atomic E-state index is 0.346. The largest absolute Gasteiger partial charge is 0.477 e. The van der Waals surface area contributed by atoms with Crippen LogP contribution < -0.4 is 15.4 Å². The van der Waals surface area contributed by atoms with Crippen molar-refractivity contribution in [2.75, 3.05) is 25.0 Å². The molecule has 3 rings (SSSR count). The molecule has 0 amide bonds. The van der Waals surface area contributed by atoms with Crippen molar-refractivity contribution < 1.29 is 4.74 Å². The van der Waals surface area contributed by atoms with Crippen molar-refractivity contribution in [3.05, 3.63) is 18.0 Å². The molecule has 0 aliphatic carbocycles. The molecule has 0 aromatic carbocycles. The average molecular weight is 343 g/mol. The summed E-state index contributed by atoms with van der Waals surface area (Å²) in [5.74, 6) is 1.99. The molecule has 25 heavy (non-hydrogen) atoms. The third-order valence-electron chi connectivity index (χ3n) is 4.90. The lowest BCUT2D eigenvalue weighted by Crippen LogP contribution is -2.28. The summed E-state index contributed by atoms with van der Waals surface area (Å²) in [5.41, 5.74) is 2.16. The van der Waals surface area contributed by atoms with Gasteiger partial charge in [-0.3, -0.25) is 0 Å². The van der Waals surface area contributed by atoms with Crippen molar-refractivity contribution in [1.29, 1.82) is 0 Å². The van der Waals surface area contributed by atoms with Crippen molar-refractivity contribution in [1.82, 2.24) is 20.3 Å². The summed E-state index contributed by atoms with van der Waals surface area (Å²) in [5, 5.41) is 7.71. The molecular formula is C19H29N5O. The van der Waals surface area contributed by atoms with E-state index in [9.17, 15) is 0 Å². The molecule has 1 fully saturated rings. The summed E-state index contributed by atoms with van der Waals surface area (Å²) in [4.78, 5) is 13.8. The highest BCUT2D eigenvalue weighted by Gasteiger charge is 2.18. The topological polar surface area (TPSA) is 72.0 Å². The summed E-state index contributed by atoms with van der Waals surface area (Å²) in [6.45, 7) is 9.05. The van der Waals surface area contributed by atoms with Crippen LogP contribution in [0.3, 0.4) is 0 Å². The van der Waals surface area contributed by atoms with E-state index in [0.29, 0.717) is 30.4 Å². The molecule has 1 aliphatic heterocycles. The molecule has 0 unspecified atom stereocenters. The predicted molar refractivity (Wildman–Crippen MR) is 101 cm³/mol. The van der Waals surface area contributed by atoms with Crippen LogP contribution in [-0.2, 0) is 6.42 Å². The van der Waals surface area contributed by atoms with E-state index in [1.807, 2.05) is 19.3 Å². The molecule has 6 heteroatoms. The fourth-order valence-electron chi connectivity index (χ4n) is 3.24. The van der Waals surface area contributed by atoms with Gasteiger partial charge < -0.3 is 15.4 Å². The molecule has 6 nitrogen and oxygen atoms in total. The average Bonchev–Trinajstić information content (AvgIpc) is 2.64. The lowest BCUT2D eigenvalue weighted by molar-refractivity contribution is 0.330. The number of hydrogen-bond donors (Lipinski definition) is 2. The van der Waals surface area contributed by atoms with Gasteiger partial charge in [0, 0.05) is 18.4 Å². The predicted octanol–water partition coefficient (Wildman–Crippen LogP) is 3.18. The maximum absolute atomic E-state index is 5.68. The van der Waals surface area contributed by atoms with Crippen molar-refractivity contribution in [3.63, 3.8) is 0 Å². The van der Waals surface area contributed by atoms with Crippen LogP contribution in [0.1, 0.15) is 45.6 Å². The Morgan fingerprint density at radius 2 is 2.04 bits per heavy atom. The number of pyridine rings is 1. The minimum Gasteiger partial charge on any atom is -0.477 e. The molecule has 0 spiro atoms. The Bertz CT molecular complexity index is 700. The number of hydrogen-bond acceptors (Lipinski definition) is 6. The first-order valence-corrected chi connectivity index (χ1v) is 9.45. The number of piperidine rings is 1. The van der Waals surface area contributed by atoms with Gasteiger partial charge >= 0.3 is 0 Å². The molecule has 1 saturated heterocycles. The van der Waals surface area contributed by atoms with Gasteiger partial charge in [0.25, 0.3) is 0 Å². The number of fused-ring (bicyclic) bond motifs is 1. The van der Waals surface area contributed by atoms with Crippen molar-refractivity contribution >= 4 is 16.9 Å². The van der Waals surface area contributed by atoms with E-state index in [0.717, 1.165) is 36.8 Å². The number of nitrogens with zero attached hydrogens (tertiary/aromatic N) is 3. The highest BCUT2D eigenvalue weighted by Crippen LogP contribution is 2.28. The van der Waals surface area contributed by atoms with Crippen LogP contribution in [0, 0.1) is 5.92 Å². The molecule has 3 heterocycles. The molecule has 1 aliphatic rings. The maximum atomic E-state index is 5.68. The fourth-order valence-corrected chi connectivity index (χ4v) is 3.24. The van der Waals surface area contributed by atoms with Gasteiger partial charge in [0.15, 0.2) is 0 Å². The molecule has 0 radical (unpaired) electrons. The first-order chi connectivity index (χ1) is 12.2. The van der Waals surface area contributed by atoms with Crippen LogP contribution in [0.15, 0.2) is 12.4 Å². The molecule has 2 N–H and O–H groups in total. The van der Waals surface area contributed by atoms with Crippen LogP contribution in [-0.4, -0.2) is 40.7 Å². The second kappa shape index (κ2) is 8.43. The second-order valence-electron chi connectivity index (χ2n) is 6.83. The van der Waals surface area contributed by atoms with E-state index in [2.05, 4.69) is 34.4 Å². The Kier molecular flexibility index (Phi) is 6.02. The van der Waals surface area contributed by atoms with Gasteiger partial charge in [-0.25, -0.2) is 15.0 Å². The zero-order valence-corrected chi connectivity index (χ0v) is 15.5. The summed E-state index contributed by atoms with van der Waals surface area (Å²) in [6, 6.07) is 0.346. The van der Waals surface area contributed by atoms with Gasteiger partial charge in [-0.05, 0) is 64.1 Å². The minimum atomic E-state index is 0.346. The monoisotopic (exact) mass is 343 g/mol. The third-order valence-corrected chi connectivity index (χ3v) is 4.90. The zero-order chi connectivity index (χ0) is 17.6. The molecule has 1 atom stereocenters.